The van der Waals surface area contributed by atoms with Gasteiger partial charge in [0.2, 0.25) is 5.91 Å². The van der Waals surface area contributed by atoms with Crippen molar-refractivity contribution in [1.82, 2.24) is 15.2 Å². The molecule has 0 spiro atoms. The van der Waals surface area contributed by atoms with E-state index in [1.54, 1.807) is 24.7 Å². The highest BCUT2D eigenvalue weighted by molar-refractivity contribution is 5.87. The van der Waals surface area contributed by atoms with Gasteiger partial charge in [0.05, 0.1) is 6.20 Å². The molecule has 1 amide bonds. The summed E-state index contributed by atoms with van der Waals surface area (Å²) in [6.45, 7) is 1.45. The number of amides is 1. The number of carbonyl (C=O) groups excluding carboxylic acids is 1. The van der Waals surface area contributed by atoms with Crippen molar-refractivity contribution in [2.45, 2.75) is 6.92 Å². The maximum Gasteiger partial charge on any atom is 0.222 e. The van der Waals surface area contributed by atoms with E-state index in [0.717, 1.165) is 11.1 Å². The number of pyridine rings is 1. The van der Waals surface area contributed by atoms with Gasteiger partial charge in [-0.1, -0.05) is 0 Å². The zero-order valence-electron chi connectivity index (χ0n) is 8.19. The average molecular weight is 202 g/mol. The number of rotatable bonds is 2. The Bertz CT molecular complexity index is 447. The fraction of sp³-hybridized carbons (Fsp3) is 0.100. The van der Waals surface area contributed by atoms with Crippen molar-refractivity contribution < 1.29 is 4.79 Å². The molecular formula is C10H10N4O. The molecule has 0 aliphatic rings. The quantitative estimate of drug-likeness (QED) is 0.773. The highest BCUT2D eigenvalue weighted by Gasteiger charge is 2.00. The minimum atomic E-state index is -0.126. The van der Waals surface area contributed by atoms with Crippen LogP contribution in [0, 0.1) is 0 Å². The van der Waals surface area contributed by atoms with Crippen LogP contribution in [0.5, 0.6) is 0 Å². The predicted molar refractivity (Wildman–Crippen MR) is 56.1 cm³/mol. The normalized spacial score (nSPS) is 9.93. The summed E-state index contributed by atoms with van der Waals surface area (Å²) < 4.78 is 0. The molecule has 2 aromatic heterocycles. The van der Waals surface area contributed by atoms with Gasteiger partial charge in [-0.05, 0) is 12.1 Å². The minimum Gasteiger partial charge on any atom is -0.311 e. The zero-order valence-corrected chi connectivity index (χ0v) is 8.19. The van der Waals surface area contributed by atoms with E-state index in [1.807, 2.05) is 6.07 Å². The zero-order chi connectivity index (χ0) is 10.7. The van der Waals surface area contributed by atoms with Crippen molar-refractivity contribution in [2.75, 3.05) is 5.32 Å². The van der Waals surface area contributed by atoms with Crippen LogP contribution in [0.4, 0.5) is 5.82 Å². The van der Waals surface area contributed by atoms with E-state index in [-0.39, 0.29) is 5.91 Å². The Hall–Kier alpha value is -2.17. The van der Waals surface area contributed by atoms with Crippen LogP contribution < -0.4 is 5.32 Å². The van der Waals surface area contributed by atoms with Crippen molar-refractivity contribution >= 4 is 11.7 Å². The largest absolute Gasteiger partial charge is 0.311 e. The molecule has 2 aromatic rings. The second-order valence-electron chi connectivity index (χ2n) is 3.10. The second-order valence-corrected chi connectivity index (χ2v) is 3.10. The van der Waals surface area contributed by atoms with Crippen molar-refractivity contribution in [1.29, 1.82) is 0 Å². The smallest absolute Gasteiger partial charge is 0.222 e. The fourth-order valence-corrected chi connectivity index (χ4v) is 1.23. The average Bonchev–Trinajstić information content (AvgIpc) is 2.71. The minimum absolute atomic E-state index is 0.126. The lowest BCUT2D eigenvalue weighted by molar-refractivity contribution is -0.114. The number of aromatic amines is 1. The molecule has 5 nitrogen and oxygen atoms in total. The first-order valence-corrected chi connectivity index (χ1v) is 4.48. The topological polar surface area (TPSA) is 70.7 Å². The summed E-state index contributed by atoms with van der Waals surface area (Å²) in [4.78, 5) is 14.9. The summed E-state index contributed by atoms with van der Waals surface area (Å²) in [5.74, 6) is 0.424. The molecule has 2 N–H and O–H groups in total. The van der Waals surface area contributed by atoms with Gasteiger partial charge in [-0.25, -0.2) is 4.98 Å². The molecule has 0 bridgehead atoms. The van der Waals surface area contributed by atoms with Gasteiger partial charge < -0.3 is 5.32 Å². The summed E-state index contributed by atoms with van der Waals surface area (Å²) >= 11 is 0. The van der Waals surface area contributed by atoms with E-state index in [2.05, 4.69) is 20.5 Å². The van der Waals surface area contributed by atoms with Crippen molar-refractivity contribution in [2.24, 2.45) is 0 Å². The lowest BCUT2D eigenvalue weighted by atomic mass is 10.2. The number of hydrogen-bond donors (Lipinski definition) is 2. The van der Waals surface area contributed by atoms with E-state index in [9.17, 15) is 4.79 Å². The van der Waals surface area contributed by atoms with E-state index < -0.39 is 0 Å². The molecule has 0 aromatic carbocycles. The molecule has 0 unspecified atom stereocenters. The number of nitrogens with zero attached hydrogens (tertiary/aromatic N) is 2. The molecule has 0 fully saturated rings. The molecule has 0 aliphatic carbocycles. The van der Waals surface area contributed by atoms with Crippen molar-refractivity contribution in [3.8, 4) is 11.1 Å². The molecule has 2 heterocycles. The molecule has 0 saturated heterocycles. The summed E-state index contributed by atoms with van der Waals surface area (Å²) in [5.41, 5.74) is 1.93. The number of aromatic nitrogens is 3. The van der Waals surface area contributed by atoms with Gasteiger partial charge in [0.15, 0.2) is 0 Å². The molecule has 76 valence electrons. The summed E-state index contributed by atoms with van der Waals surface area (Å²) in [5, 5.41) is 9.18. The SMILES string of the molecule is CC(=O)Nc1ccc(-c2cn[nH]c2)cn1. The van der Waals surface area contributed by atoms with Crippen LogP contribution in [0.15, 0.2) is 30.7 Å². The van der Waals surface area contributed by atoms with Gasteiger partial charge in [-0.15, -0.1) is 0 Å². The maximum absolute atomic E-state index is 10.8. The van der Waals surface area contributed by atoms with Crippen LogP contribution >= 0.6 is 0 Å². The number of carbonyl (C=O) groups is 1. The standard InChI is InChI=1S/C10H10N4O/c1-7(15)14-10-3-2-8(4-11-10)9-5-12-13-6-9/h2-6H,1H3,(H,12,13)(H,11,14,15). The first-order chi connectivity index (χ1) is 7.25. The van der Waals surface area contributed by atoms with Crippen LogP contribution in [0.2, 0.25) is 0 Å². The van der Waals surface area contributed by atoms with Crippen LogP contribution in [-0.2, 0) is 4.79 Å². The third-order valence-corrected chi connectivity index (χ3v) is 1.90. The number of anilines is 1. The van der Waals surface area contributed by atoms with Crippen molar-refractivity contribution in [3.63, 3.8) is 0 Å². The van der Waals surface area contributed by atoms with Crippen LogP contribution in [-0.4, -0.2) is 21.1 Å². The van der Waals surface area contributed by atoms with Crippen LogP contribution in [0.3, 0.4) is 0 Å². The summed E-state index contributed by atoms with van der Waals surface area (Å²) in [6.07, 6.45) is 5.19. The monoisotopic (exact) mass is 202 g/mol. The lowest BCUT2D eigenvalue weighted by Crippen LogP contribution is -2.06. The van der Waals surface area contributed by atoms with Gasteiger partial charge in [0.1, 0.15) is 5.82 Å². The Morgan fingerprint density at radius 3 is 2.73 bits per heavy atom. The maximum atomic E-state index is 10.8. The highest BCUT2D eigenvalue weighted by atomic mass is 16.1. The van der Waals surface area contributed by atoms with Crippen molar-refractivity contribution in [3.05, 3.63) is 30.7 Å². The van der Waals surface area contributed by atoms with Gasteiger partial charge in [-0.2, -0.15) is 5.10 Å². The van der Waals surface area contributed by atoms with Gasteiger partial charge in [-0.3, -0.25) is 9.89 Å². The molecule has 0 saturated carbocycles. The van der Waals surface area contributed by atoms with E-state index in [0.29, 0.717) is 5.82 Å². The summed E-state index contributed by atoms with van der Waals surface area (Å²) in [7, 11) is 0. The van der Waals surface area contributed by atoms with E-state index >= 15 is 0 Å². The molecule has 5 heteroatoms. The Labute approximate surface area is 86.5 Å². The van der Waals surface area contributed by atoms with Gasteiger partial charge in [0.25, 0.3) is 0 Å². The predicted octanol–water partition coefficient (Wildman–Crippen LogP) is 1.43. The molecule has 15 heavy (non-hydrogen) atoms. The Morgan fingerprint density at radius 1 is 1.33 bits per heavy atom. The fourth-order valence-electron chi connectivity index (χ4n) is 1.23. The Balaban J connectivity index is 2.21. The third-order valence-electron chi connectivity index (χ3n) is 1.90. The van der Waals surface area contributed by atoms with Crippen LogP contribution in [0.25, 0.3) is 11.1 Å². The second kappa shape index (κ2) is 3.91. The molecule has 0 radical (unpaired) electrons. The van der Waals surface area contributed by atoms with E-state index in [4.69, 9.17) is 0 Å². The lowest BCUT2D eigenvalue weighted by Gasteiger charge is -2.01. The highest BCUT2D eigenvalue weighted by Crippen LogP contribution is 2.17. The summed E-state index contributed by atoms with van der Waals surface area (Å²) in [6, 6.07) is 3.63. The van der Waals surface area contributed by atoms with E-state index in [1.165, 1.54) is 6.92 Å². The third kappa shape index (κ3) is 2.19. The molecule has 0 aliphatic heterocycles. The molecule has 0 atom stereocenters. The molecular weight excluding hydrogens is 192 g/mol. The Kier molecular flexibility index (Phi) is 2.45. The number of hydrogen-bond acceptors (Lipinski definition) is 3. The van der Waals surface area contributed by atoms with Gasteiger partial charge >= 0.3 is 0 Å². The van der Waals surface area contributed by atoms with Gasteiger partial charge in [0, 0.05) is 30.4 Å². The first-order valence-electron chi connectivity index (χ1n) is 4.48. The number of H-pyrrole nitrogens is 1. The van der Waals surface area contributed by atoms with Crippen LogP contribution in [0.1, 0.15) is 6.92 Å². The molecule has 2 rings (SSSR count). The number of nitrogens with one attached hydrogen (secondary N) is 2. The first kappa shape index (κ1) is 9.39. The Morgan fingerprint density at radius 2 is 2.20 bits per heavy atom.